The van der Waals surface area contributed by atoms with E-state index in [-0.39, 0.29) is 5.82 Å². The summed E-state index contributed by atoms with van der Waals surface area (Å²) in [5, 5.41) is 20.8. The van der Waals surface area contributed by atoms with Crippen LogP contribution in [0.3, 0.4) is 0 Å². The molecule has 0 spiro atoms. The van der Waals surface area contributed by atoms with Gasteiger partial charge >= 0.3 is 5.97 Å². The number of hydrogen-bond acceptors (Lipinski definition) is 5. The lowest BCUT2D eigenvalue weighted by Crippen LogP contribution is -2.00. The summed E-state index contributed by atoms with van der Waals surface area (Å²) in [6.45, 7) is 0. The molecule has 2 aromatic carbocycles. The molecule has 126 valence electrons. The molecule has 0 aliphatic rings. The van der Waals surface area contributed by atoms with Gasteiger partial charge in [0, 0.05) is 11.8 Å². The molecule has 0 aliphatic heterocycles. The summed E-state index contributed by atoms with van der Waals surface area (Å²) >= 11 is 1.31. The monoisotopic (exact) mass is 356 g/mol. The van der Waals surface area contributed by atoms with Gasteiger partial charge in [-0.25, -0.2) is 9.18 Å². The van der Waals surface area contributed by atoms with Crippen molar-refractivity contribution in [2.24, 2.45) is 0 Å². The average Bonchev–Trinajstić information content (AvgIpc) is 3.08. The van der Waals surface area contributed by atoms with Crippen LogP contribution in [0.25, 0.3) is 11.8 Å². The minimum atomic E-state index is -1.02. The lowest BCUT2D eigenvalue weighted by Gasteiger charge is -2.06. The zero-order valence-corrected chi connectivity index (χ0v) is 13.7. The maximum atomic E-state index is 13.7. The molecule has 0 radical (unpaired) electrons. The van der Waals surface area contributed by atoms with Crippen LogP contribution in [0.1, 0.15) is 11.1 Å². The van der Waals surface area contributed by atoms with Crippen LogP contribution in [-0.4, -0.2) is 31.3 Å². The number of carbonyl (C=O) groups is 1. The maximum Gasteiger partial charge on any atom is 0.328 e. The Hall–Kier alpha value is -3.00. The number of carboxylic acids is 1. The van der Waals surface area contributed by atoms with Crippen molar-refractivity contribution >= 4 is 23.8 Å². The standard InChI is InChI=1S/C17H13FN4O2S/c18-15-7-2-1-5-13(15)11-25-17-19-20-21-22(17)14-6-3-4-12(10-14)8-9-16(23)24/h1-10H,11H2,(H,23,24)/b9-8-. The third-order valence-electron chi connectivity index (χ3n) is 3.29. The molecule has 0 saturated heterocycles. The lowest BCUT2D eigenvalue weighted by molar-refractivity contribution is -0.131. The second kappa shape index (κ2) is 7.71. The fourth-order valence-corrected chi connectivity index (χ4v) is 2.99. The number of aromatic nitrogens is 4. The van der Waals surface area contributed by atoms with Crippen LogP contribution in [0.4, 0.5) is 4.39 Å². The van der Waals surface area contributed by atoms with Crippen LogP contribution in [0.15, 0.2) is 59.8 Å². The van der Waals surface area contributed by atoms with Crippen molar-refractivity contribution in [3.05, 3.63) is 71.6 Å². The van der Waals surface area contributed by atoms with Crippen LogP contribution in [-0.2, 0) is 10.5 Å². The molecule has 1 aromatic heterocycles. The highest BCUT2D eigenvalue weighted by Crippen LogP contribution is 2.24. The third kappa shape index (κ3) is 4.30. The molecule has 3 aromatic rings. The first-order valence-electron chi connectivity index (χ1n) is 7.29. The summed E-state index contributed by atoms with van der Waals surface area (Å²) in [6.07, 6.45) is 2.55. The van der Waals surface area contributed by atoms with Crippen molar-refractivity contribution in [2.45, 2.75) is 10.9 Å². The van der Waals surface area contributed by atoms with Crippen LogP contribution >= 0.6 is 11.8 Å². The summed E-state index contributed by atoms with van der Waals surface area (Å²) in [5.41, 5.74) is 1.97. The van der Waals surface area contributed by atoms with E-state index in [0.29, 0.717) is 27.7 Å². The molecule has 3 rings (SSSR count). The van der Waals surface area contributed by atoms with Gasteiger partial charge in [-0.05, 0) is 45.8 Å². The van der Waals surface area contributed by atoms with Crippen molar-refractivity contribution < 1.29 is 14.3 Å². The lowest BCUT2D eigenvalue weighted by atomic mass is 10.2. The molecule has 0 bridgehead atoms. The van der Waals surface area contributed by atoms with Crippen molar-refractivity contribution in [1.29, 1.82) is 0 Å². The van der Waals surface area contributed by atoms with Gasteiger partial charge < -0.3 is 5.11 Å². The number of thioether (sulfide) groups is 1. The number of aliphatic carboxylic acids is 1. The van der Waals surface area contributed by atoms with Crippen molar-refractivity contribution in [1.82, 2.24) is 20.2 Å². The number of hydrogen-bond donors (Lipinski definition) is 1. The first kappa shape index (κ1) is 16.8. The van der Waals surface area contributed by atoms with Gasteiger partial charge in [0.2, 0.25) is 5.16 Å². The largest absolute Gasteiger partial charge is 0.478 e. The van der Waals surface area contributed by atoms with Gasteiger partial charge in [0.25, 0.3) is 0 Å². The minimum Gasteiger partial charge on any atom is -0.478 e. The Morgan fingerprint density at radius 3 is 2.88 bits per heavy atom. The fraction of sp³-hybridized carbons (Fsp3) is 0.0588. The number of nitrogens with zero attached hydrogens (tertiary/aromatic N) is 4. The van der Waals surface area contributed by atoms with Crippen LogP contribution < -0.4 is 0 Å². The second-order valence-electron chi connectivity index (χ2n) is 5.02. The Balaban J connectivity index is 1.81. The minimum absolute atomic E-state index is 0.269. The Morgan fingerprint density at radius 2 is 2.08 bits per heavy atom. The van der Waals surface area contributed by atoms with Crippen molar-refractivity contribution in [3.63, 3.8) is 0 Å². The average molecular weight is 356 g/mol. The van der Waals surface area contributed by atoms with E-state index in [0.717, 1.165) is 6.08 Å². The molecular weight excluding hydrogens is 343 g/mol. The van der Waals surface area contributed by atoms with Gasteiger partial charge in [-0.1, -0.05) is 42.1 Å². The Bertz CT molecular complexity index is 926. The summed E-state index contributed by atoms with van der Waals surface area (Å²) < 4.78 is 15.2. The van der Waals surface area contributed by atoms with Gasteiger partial charge in [-0.2, -0.15) is 4.68 Å². The maximum absolute atomic E-state index is 13.7. The van der Waals surface area contributed by atoms with Crippen LogP contribution in [0.5, 0.6) is 0 Å². The third-order valence-corrected chi connectivity index (χ3v) is 4.26. The molecular formula is C17H13FN4O2S. The first-order chi connectivity index (χ1) is 12.1. The summed E-state index contributed by atoms with van der Waals surface area (Å²) in [5.74, 6) is -0.894. The molecule has 0 amide bonds. The zero-order chi connectivity index (χ0) is 17.6. The molecule has 0 unspecified atom stereocenters. The van der Waals surface area contributed by atoms with Crippen LogP contribution in [0.2, 0.25) is 0 Å². The predicted octanol–water partition coefficient (Wildman–Crippen LogP) is 3.19. The van der Waals surface area contributed by atoms with Crippen molar-refractivity contribution in [3.8, 4) is 5.69 Å². The SMILES string of the molecule is O=C(O)/C=C\c1cccc(-n2nnnc2SCc2ccccc2F)c1. The van der Waals surface area contributed by atoms with E-state index in [1.165, 1.54) is 28.6 Å². The highest BCUT2D eigenvalue weighted by atomic mass is 32.2. The highest BCUT2D eigenvalue weighted by molar-refractivity contribution is 7.98. The van der Waals surface area contributed by atoms with Gasteiger partial charge in [0.05, 0.1) is 5.69 Å². The molecule has 6 nitrogen and oxygen atoms in total. The van der Waals surface area contributed by atoms with E-state index in [4.69, 9.17) is 5.11 Å². The van der Waals surface area contributed by atoms with E-state index >= 15 is 0 Å². The number of rotatable bonds is 6. The Labute approximate surface area is 147 Å². The summed E-state index contributed by atoms with van der Waals surface area (Å²) in [4.78, 5) is 10.6. The molecule has 25 heavy (non-hydrogen) atoms. The Morgan fingerprint density at radius 1 is 1.24 bits per heavy atom. The quantitative estimate of drug-likeness (QED) is 0.540. The Kier molecular flexibility index (Phi) is 5.20. The van der Waals surface area contributed by atoms with E-state index < -0.39 is 5.97 Å². The van der Waals surface area contributed by atoms with Gasteiger partial charge in [-0.15, -0.1) is 5.10 Å². The smallest absolute Gasteiger partial charge is 0.328 e. The van der Waals surface area contributed by atoms with Gasteiger partial charge in [0.15, 0.2) is 0 Å². The molecule has 0 saturated carbocycles. The normalized spacial score (nSPS) is 11.1. The summed E-state index contributed by atoms with van der Waals surface area (Å²) in [7, 11) is 0. The van der Waals surface area contributed by atoms with Gasteiger partial charge in [-0.3, -0.25) is 0 Å². The molecule has 0 atom stereocenters. The number of halogens is 1. The summed E-state index contributed by atoms with van der Waals surface area (Å²) in [6, 6.07) is 13.7. The van der Waals surface area contributed by atoms with Gasteiger partial charge in [0.1, 0.15) is 5.82 Å². The van der Waals surface area contributed by atoms with E-state index in [1.54, 1.807) is 36.4 Å². The topological polar surface area (TPSA) is 80.9 Å². The fourth-order valence-electron chi connectivity index (χ4n) is 2.12. The molecule has 1 heterocycles. The van der Waals surface area contributed by atoms with E-state index in [2.05, 4.69) is 15.5 Å². The van der Waals surface area contributed by atoms with Crippen LogP contribution in [0, 0.1) is 5.82 Å². The molecule has 0 fully saturated rings. The zero-order valence-electron chi connectivity index (χ0n) is 12.9. The molecule has 8 heteroatoms. The molecule has 0 aliphatic carbocycles. The second-order valence-corrected chi connectivity index (χ2v) is 5.96. The van der Waals surface area contributed by atoms with E-state index in [9.17, 15) is 9.18 Å². The first-order valence-corrected chi connectivity index (χ1v) is 8.28. The predicted molar refractivity (Wildman–Crippen MR) is 91.8 cm³/mol. The van der Waals surface area contributed by atoms with Crippen molar-refractivity contribution in [2.75, 3.05) is 0 Å². The number of tetrazole rings is 1. The van der Waals surface area contributed by atoms with E-state index in [1.807, 2.05) is 6.07 Å². The number of carboxylic acid groups (broad SMARTS) is 1. The highest BCUT2D eigenvalue weighted by Gasteiger charge is 2.11. The number of benzene rings is 2. The molecule has 1 N–H and O–H groups in total.